The summed E-state index contributed by atoms with van der Waals surface area (Å²) in [4.78, 5) is 29.9. The summed E-state index contributed by atoms with van der Waals surface area (Å²) >= 11 is 0. The number of hydrogen-bond acceptors (Lipinski definition) is 5. The van der Waals surface area contributed by atoms with Gasteiger partial charge in [0.25, 0.3) is 10.0 Å². The summed E-state index contributed by atoms with van der Waals surface area (Å²) in [7, 11) is -4.28. The molecule has 2 amide bonds. The smallest absolute Gasteiger partial charge is 0.264 e. The van der Waals surface area contributed by atoms with Crippen LogP contribution in [0, 0.1) is 5.82 Å². The molecule has 0 fully saturated rings. The van der Waals surface area contributed by atoms with E-state index < -0.39 is 45.8 Å². The first-order valence-electron chi connectivity index (χ1n) is 15.1. The van der Waals surface area contributed by atoms with Crippen LogP contribution in [0.15, 0.2) is 114 Å². The first-order chi connectivity index (χ1) is 21.9. The van der Waals surface area contributed by atoms with Gasteiger partial charge in [0.05, 0.1) is 17.2 Å². The molecule has 0 radical (unpaired) electrons. The van der Waals surface area contributed by atoms with Crippen LogP contribution in [0.1, 0.15) is 38.8 Å². The Hall–Kier alpha value is -4.70. The SMILES string of the molecule is CCOc1ccccc1N(CC(=O)N(Cc1ccc(F)cc1)[C@H](Cc1ccccc1)C(=O)NC(C)(C)C)S(=O)(=O)c1ccccc1. The van der Waals surface area contributed by atoms with Crippen molar-refractivity contribution in [2.75, 3.05) is 17.5 Å². The molecule has 4 aromatic carbocycles. The molecule has 242 valence electrons. The molecular formula is C36H40FN3O5S. The van der Waals surface area contributed by atoms with E-state index in [-0.39, 0.29) is 35.9 Å². The van der Waals surface area contributed by atoms with E-state index in [0.29, 0.717) is 5.56 Å². The Balaban J connectivity index is 1.84. The molecule has 1 N–H and O–H groups in total. The summed E-state index contributed by atoms with van der Waals surface area (Å²) in [6.45, 7) is 6.88. The van der Waals surface area contributed by atoms with E-state index in [2.05, 4.69) is 5.32 Å². The highest BCUT2D eigenvalue weighted by atomic mass is 32.2. The van der Waals surface area contributed by atoms with Crippen molar-refractivity contribution in [3.63, 3.8) is 0 Å². The van der Waals surface area contributed by atoms with E-state index in [9.17, 15) is 22.4 Å². The summed E-state index contributed by atoms with van der Waals surface area (Å²) in [5, 5.41) is 2.99. The summed E-state index contributed by atoms with van der Waals surface area (Å²) in [5.74, 6) is -1.19. The number of halogens is 1. The quantitative estimate of drug-likeness (QED) is 0.193. The molecule has 1 atom stereocenters. The third kappa shape index (κ3) is 8.94. The topological polar surface area (TPSA) is 96.0 Å². The standard InChI is InChI=1S/C36H40FN3O5S/c1-5-45-33-19-13-12-18-31(33)40(46(43,44)30-16-10-7-11-17-30)26-34(41)39(25-28-20-22-29(37)23-21-28)32(35(42)38-36(2,3)4)24-27-14-8-6-9-15-27/h6-23,32H,5,24-26H2,1-4H3,(H,38,42)/t32-/m1/s1. The predicted octanol–water partition coefficient (Wildman–Crippen LogP) is 5.97. The van der Waals surface area contributed by atoms with E-state index in [1.807, 2.05) is 51.1 Å². The Kier molecular flexibility index (Phi) is 11.2. The largest absolute Gasteiger partial charge is 0.492 e. The van der Waals surface area contributed by atoms with Crippen molar-refractivity contribution in [1.29, 1.82) is 0 Å². The lowest BCUT2D eigenvalue weighted by Gasteiger charge is -2.35. The predicted molar refractivity (Wildman–Crippen MR) is 177 cm³/mol. The minimum atomic E-state index is -4.28. The van der Waals surface area contributed by atoms with Crippen LogP contribution in [0.2, 0.25) is 0 Å². The Bertz CT molecular complexity index is 1710. The molecule has 46 heavy (non-hydrogen) atoms. The van der Waals surface area contributed by atoms with Crippen molar-refractivity contribution in [2.45, 2.75) is 57.1 Å². The molecule has 0 aliphatic rings. The van der Waals surface area contributed by atoms with Crippen LogP contribution in [0.4, 0.5) is 10.1 Å². The molecule has 0 spiro atoms. The molecule has 0 aliphatic carbocycles. The highest BCUT2D eigenvalue weighted by Crippen LogP contribution is 2.33. The first-order valence-corrected chi connectivity index (χ1v) is 16.5. The molecule has 0 saturated carbocycles. The van der Waals surface area contributed by atoms with Crippen LogP contribution < -0.4 is 14.4 Å². The molecule has 0 aromatic heterocycles. The van der Waals surface area contributed by atoms with Gasteiger partial charge in [-0.15, -0.1) is 0 Å². The van der Waals surface area contributed by atoms with E-state index in [1.54, 1.807) is 61.5 Å². The number of rotatable bonds is 13. The van der Waals surface area contributed by atoms with Gasteiger partial charge in [0, 0.05) is 18.5 Å². The summed E-state index contributed by atoms with van der Waals surface area (Å²) in [6, 6.07) is 28.3. The number of hydrogen-bond donors (Lipinski definition) is 1. The van der Waals surface area contributed by atoms with Crippen molar-refractivity contribution in [3.8, 4) is 5.75 Å². The van der Waals surface area contributed by atoms with Crippen LogP contribution in [-0.2, 0) is 32.6 Å². The highest BCUT2D eigenvalue weighted by Gasteiger charge is 2.36. The lowest BCUT2D eigenvalue weighted by molar-refractivity contribution is -0.140. The van der Waals surface area contributed by atoms with Crippen molar-refractivity contribution >= 4 is 27.5 Å². The number of nitrogens with one attached hydrogen (secondary N) is 1. The molecule has 8 nitrogen and oxygen atoms in total. The highest BCUT2D eigenvalue weighted by molar-refractivity contribution is 7.92. The van der Waals surface area contributed by atoms with Gasteiger partial charge in [0.15, 0.2) is 0 Å². The lowest BCUT2D eigenvalue weighted by Crippen LogP contribution is -2.56. The molecule has 4 rings (SSSR count). The third-order valence-corrected chi connectivity index (χ3v) is 8.85. The number of amides is 2. The molecule has 0 heterocycles. The Morgan fingerprint density at radius 1 is 0.826 bits per heavy atom. The van der Waals surface area contributed by atoms with E-state index in [0.717, 1.165) is 9.87 Å². The number of sulfonamides is 1. The maximum Gasteiger partial charge on any atom is 0.264 e. The molecule has 0 bridgehead atoms. The monoisotopic (exact) mass is 645 g/mol. The Morgan fingerprint density at radius 2 is 1.41 bits per heavy atom. The molecule has 0 aliphatic heterocycles. The van der Waals surface area contributed by atoms with E-state index in [4.69, 9.17) is 4.74 Å². The van der Waals surface area contributed by atoms with Crippen LogP contribution in [-0.4, -0.2) is 49.9 Å². The molecule has 0 saturated heterocycles. The fourth-order valence-electron chi connectivity index (χ4n) is 4.97. The van der Waals surface area contributed by atoms with Gasteiger partial charge < -0.3 is 15.0 Å². The Labute approximate surface area is 270 Å². The second-order valence-corrected chi connectivity index (χ2v) is 13.7. The maximum absolute atomic E-state index is 14.6. The van der Waals surface area contributed by atoms with Crippen LogP contribution >= 0.6 is 0 Å². The van der Waals surface area contributed by atoms with Gasteiger partial charge in [0.2, 0.25) is 11.8 Å². The zero-order valence-electron chi connectivity index (χ0n) is 26.5. The number of carbonyl (C=O) groups is 2. The average molecular weight is 646 g/mol. The second-order valence-electron chi connectivity index (χ2n) is 11.8. The molecule has 0 unspecified atom stereocenters. The average Bonchev–Trinajstić information content (AvgIpc) is 3.03. The number of para-hydroxylation sites is 2. The zero-order chi connectivity index (χ0) is 33.3. The second kappa shape index (κ2) is 15.1. The van der Waals surface area contributed by atoms with Gasteiger partial charge in [-0.3, -0.25) is 13.9 Å². The molecular weight excluding hydrogens is 605 g/mol. The van der Waals surface area contributed by atoms with Crippen molar-refractivity contribution in [1.82, 2.24) is 10.2 Å². The number of ether oxygens (including phenoxy) is 1. The van der Waals surface area contributed by atoms with E-state index in [1.165, 1.54) is 29.2 Å². The van der Waals surface area contributed by atoms with Gasteiger partial charge >= 0.3 is 0 Å². The van der Waals surface area contributed by atoms with Gasteiger partial charge in [-0.1, -0.05) is 72.8 Å². The van der Waals surface area contributed by atoms with Crippen LogP contribution in [0.5, 0.6) is 5.75 Å². The minimum Gasteiger partial charge on any atom is -0.492 e. The summed E-state index contributed by atoms with van der Waals surface area (Å²) < 4.78 is 49.1. The van der Waals surface area contributed by atoms with Crippen LogP contribution in [0.25, 0.3) is 0 Å². The third-order valence-electron chi connectivity index (χ3n) is 7.08. The van der Waals surface area contributed by atoms with Crippen LogP contribution in [0.3, 0.4) is 0 Å². The summed E-state index contributed by atoms with van der Waals surface area (Å²) in [5.41, 5.74) is 0.949. The van der Waals surface area contributed by atoms with E-state index >= 15 is 0 Å². The Morgan fingerprint density at radius 3 is 2.02 bits per heavy atom. The van der Waals surface area contributed by atoms with Crippen molar-refractivity contribution in [2.24, 2.45) is 0 Å². The number of benzene rings is 4. The number of anilines is 1. The maximum atomic E-state index is 14.6. The summed E-state index contributed by atoms with van der Waals surface area (Å²) in [6.07, 6.45) is 0.163. The molecule has 4 aromatic rings. The number of carbonyl (C=O) groups excluding carboxylic acids is 2. The fourth-order valence-corrected chi connectivity index (χ4v) is 6.41. The molecule has 10 heteroatoms. The van der Waals surface area contributed by atoms with Gasteiger partial charge in [-0.05, 0) is 75.2 Å². The first kappa shape index (κ1) is 34.2. The van der Waals surface area contributed by atoms with Gasteiger partial charge in [-0.25, -0.2) is 12.8 Å². The zero-order valence-corrected chi connectivity index (χ0v) is 27.3. The van der Waals surface area contributed by atoms with Crippen molar-refractivity contribution < 1.29 is 27.1 Å². The van der Waals surface area contributed by atoms with Gasteiger partial charge in [0.1, 0.15) is 24.2 Å². The van der Waals surface area contributed by atoms with Crippen molar-refractivity contribution in [3.05, 3.63) is 126 Å². The lowest BCUT2D eigenvalue weighted by atomic mass is 10.0. The fraction of sp³-hybridized carbons (Fsp3) is 0.278. The van der Waals surface area contributed by atoms with Gasteiger partial charge in [-0.2, -0.15) is 0 Å². The number of nitrogens with zero attached hydrogens (tertiary/aromatic N) is 2. The minimum absolute atomic E-state index is 0.00880. The normalized spacial score (nSPS) is 12.2.